The van der Waals surface area contributed by atoms with E-state index in [0.717, 1.165) is 12.5 Å². The zero-order valence-corrected chi connectivity index (χ0v) is 19.8. The van der Waals surface area contributed by atoms with E-state index in [4.69, 9.17) is 15.2 Å². The molecule has 1 amide bonds. The normalized spacial score (nSPS) is 13.5. The van der Waals surface area contributed by atoms with Crippen molar-refractivity contribution in [2.45, 2.75) is 38.6 Å². The van der Waals surface area contributed by atoms with Gasteiger partial charge in [-0.25, -0.2) is 16.8 Å². The van der Waals surface area contributed by atoms with E-state index in [0.29, 0.717) is 0 Å². The molecule has 0 aliphatic rings. The molecule has 0 unspecified atom stereocenters. The summed E-state index contributed by atoms with van der Waals surface area (Å²) < 4.78 is 43.5. The molecule has 0 bridgehead atoms. The molecule has 0 aromatic carbocycles. The van der Waals surface area contributed by atoms with Gasteiger partial charge in [-0.2, -0.15) is 0 Å². The molecule has 0 fully saturated rings. The van der Waals surface area contributed by atoms with E-state index < -0.39 is 51.8 Å². The Labute approximate surface area is 179 Å². The number of carboxylic acid groups (broad SMARTS) is 1. The minimum atomic E-state index is -3.17. The highest BCUT2D eigenvalue weighted by atomic mass is 32.2. The van der Waals surface area contributed by atoms with Gasteiger partial charge in [-0.15, -0.1) is 0 Å². The van der Waals surface area contributed by atoms with Gasteiger partial charge in [0.15, 0.2) is 0 Å². The van der Waals surface area contributed by atoms with Gasteiger partial charge < -0.3 is 30.5 Å². The minimum Gasteiger partial charge on any atom is -0.480 e. The number of sulfone groups is 2. The first-order valence-electron chi connectivity index (χ1n) is 9.03. The molecular formula is C14H33B2N3O9S2. The Morgan fingerprint density at radius 2 is 1.20 bits per heavy atom. The second kappa shape index (κ2) is 14.0. The molecule has 5 N–H and O–H groups in total. The van der Waals surface area contributed by atoms with Crippen LogP contribution >= 0.6 is 0 Å². The van der Waals surface area contributed by atoms with Gasteiger partial charge in [0.25, 0.3) is 0 Å². The third-order valence-electron chi connectivity index (χ3n) is 3.48. The summed E-state index contributed by atoms with van der Waals surface area (Å²) in [7, 11) is -4.94. The lowest BCUT2D eigenvalue weighted by Crippen LogP contribution is -2.49. The molecule has 0 radical (unpaired) electrons. The first kappa shape index (κ1) is 31.0. The number of likely N-dealkylation sites (N-methyl/N-ethyl adjacent to an activating group) is 1. The molecule has 0 aliphatic heterocycles. The maximum atomic E-state index is 11.7. The number of hydrogen-bond acceptors (Lipinski definition) is 10. The summed E-state index contributed by atoms with van der Waals surface area (Å²) in [6.07, 6.45) is 2.25. The van der Waals surface area contributed by atoms with Crippen molar-refractivity contribution in [3.63, 3.8) is 0 Å². The Bertz CT molecular complexity index is 744. The van der Waals surface area contributed by atoms with Crippen molar-refractivity contribution in [1.29, 1.82) is 0 Å². The summed E-state index contributed by atoms with van der Waals surface area (Å²) in [6.45, 7) is 2.85. The van der Waals surface area contributed by atoms with Crippen molar-refractivity contribution >= 4 is 45.7 Å². The molecule has 0 saturated carbocycles. The first-order valence-corrected chi connectivity index (χ1v) is 13.2. The molecule has 0 heterocycles. The lowest BCUT2D eigenvalue weighted by molar-refractivity contribution is -0.139. The maximum absolute atomic E-state index is 11.7. The molecule has 2 atom stereocenters. The number of aliphatic carboxylic acids is 1. The quantitative estimate of drug-likeness (QED) is 0.184. The Kier molecular flexibility index (Phi) is 14.4. The van der Waals surface area contributed by atoms with Crippen LogP contribution in [0.5, 0.6) is 0 Å². The fourth-order valence-electron chi connectivity index (χ4n) is 2.11. The van der Waals surface area contributed by atoms with E-state index in [1.807, 2.05) is 0 Å². The number of nitrogens with zero attached hydrogens (tertiary/aromatic N) is 1. The molecule has 0 rings (SSSR count). The second-order valence-electron chi connectivity index (χ2n) is 7.20. The lowest BCUT2D eigenvalue weighted by Gasteiger charge is -2.21. The van der Waals surface area contributed by atoms with Crippen molar-refractivity contribution in [2.75, 3.05) is 38.1 Å². The van der Waals surface area contributed by atoms with Crippen molar-refractivity contribution in [1.82, 2.24) is 15.4 Å². The number of carbonyl (C=O) groups is 2. The minimum absolute atomic E-state index is 0.0565. The lowest BCUT2D eigenvalue weighted by atomic mass is 9.86. The van der Waals surface area contributed by atoms with Gasteiger partial charge in [0.2, 0.25) is 5.91 Å². The molecule has 0 aromatic rings. The summed E-state index contributed by atoms with van der Waals surface area (Å²) >= 11 is 0. The van der Waals surface area contributed by atoms with E-state index in [2.05, 4.69) is 10.5 Å². The molecule has 0 spiro atoms. The SMILES string of the molecule is CB(O)N[C@@H](CCS(C)(=O)=O)C(=O)N(C)C.CB(O)N[C@@H](CCS(C)(=O)=O)C(=O)O. The van der Waals surface area contributed by atoms with Crippen LogP contribution in [0.1, 0.15) is 12.8 Å². The summed E-state index contributed by atoms with van der Waals surface area (Å²) in [4.78, 5) is 23.6. The van der Waals surface area contributed by atoms with E-state index in [9.17, 15) is 26.4 Å². The van der Waals surface area contributed by atoms with E-state index in [1.165, 1.54) is 18.5 Å². The van der Waals surface area contributed by atoms with Gasteiger partial charge in [-0.05, 0) is 26.5 Å². The third kappa shape index (κ3) is 18.8. The standard InChI is InChI=1S/C8H19BN2O4S.C6H14BNO5S/c1-9(13)10-7(8(12)11(2)3)5-6-16(4,14)15;1-7(11)8-5(6(9)10)3-4-14(2,12)13/h7,10,13H,5-6H2,1-4H3;5,8,11H,3-4H2,1-2H3,(H,9,10)/t7-;5-/m00/s1. The van der Waals surface area contributed by atoms with Crippen LogP contribution in [-0.4, -0.2) is 113 Å². The van der Waals surface area contributed by atoms with Crippen molar-refractivity contribution in [3.8, 4) is 0 Å². The fourth-order valence-corrected chi connectivity index (χ4v) is 3.44. The highest BCUT2D eigenvalue weighted by molar-refractivity contribution is 7.90. The fraction of sp³-hybridized carbons (Fsp3) is 0.857. The molecule has 12 nitrogen and oxygen atoms in total. The summed E-state index contributed by atoms with van der Waals surface area (Å²) in [5.41, 5.74) is 0. The Morgan fingerprint density at radius 1 is 0.867 bits per heavy atom. The average Bonchev–Trinajstić information content (AvgIpc) is 2.52. The third-order valence-corrected chi connectivity index (χ3v) is 5.43. The number of amides is 1. The van der Waals surface area contributed by atoms with E-state index in [1.54, 1.807) is 14.1 Å². The maximum Gasteiger partial charge on any atom is 0.374 e. The van der Waals surface area contributed by atoms with Crippen LogP contribution in [0.2, 0.25) is 13.6 Å². The Balaban J connectivity index is 0. The van der Waals surface area contributed by atoms with Gasteiger partial charge in [0, 0.05) is 26.6 Å². The van der Waals surface area contributed by atoms with Crippen molar-refractivity contribution < 1.29 is 41.6 Å². The molecule has 30 heavy (non-hydrogen) atoms. The Morgan fingerprint density at radius 3 is 1.47 bits per heavy atom. The van der Waals surface area contributed by atoms with Gasteiger partial charge in [0.1, 0.15) is 19.7 Å². The topological polar surface area (TPSA) is 190 Å². The van der Waals surface area contributed by atoms with Gasteiger partial charge >= 0.3 is 20.1 Å². The van der Waals surface area contributed by atoms with Crippen LogP contribution in [0.15, 0.2) is 0 Å². The second-order valence-corrected chi connectivity index (χ2v) is 11.7. The van der Waals surface area contributed by atoms with Crippen molar-refractivity contribution in [2.24, 2.45) is 0 Å². The number of rotatable bonds is 12. The summed E-state index contributed by atoms with van der Waals surface area (Å²) in [5.74, 6) is -1.72. The predicted molar refractivity (Wildman–Crippen MR) is 117 cm³/mol. The van der Waals surface area contributed by atoms with Crippen LogP contribution in [0.4, 0.5) is 0 Å². The van der Waals surface area contributed by atoms with E-state index in [-0.39, 0.29) is 30.3 Å². The zero-order valence-electron chi connectivity index (χ0n) is 18.2. The van der Waals surface area contributed by atoms with Crippen molar-refractivity contribution in [3.05, 3.63) is 0 Å². The van der Waals surface area contributed by atoms with Crippen LogP contribution in [0.25, 0.3) is 0 Å². The smallest absolute Gasteiger partial charge is 0.374 e. The number of hydrogen-bond donors (Lipinski definition) is 5. The summed E-state index contributed by atoms with van der Waals surface area (Å²) in [5, 5.41) is 31.7. The largest absolute Gasteiger partial charge is 0.480 e. The monoisotopic (exact) mass is 473 g/mol. The zero-order chi connectivity index (χ0) is 24.3. The molecule has 176 valence electrons. The molecule has 0 aliphatic carbocycles. The number of nitrogens with one attached hydrogen (secondary N) is 2. The molecule has 0 aromatic heterocycles. The predicted octanol–water partition coefficient (Wildman–Crippen LogP) is -2.85. The molecular weight excluding hydrogens is 440 g/mol. The van der Waals surface area contributed by atoms with Gasteiger partial charge in [-0.1, -0.05) is 0 Å². The van der Waals surface area contributed by atoms with Crippen LogP contribution in [-0.2, 0) is 29.3 Å². The van der Waals surface area contributed by atoms with E-state index >= 15 is 0 Å². The van der Waals surface area contributed by atoms with Gasteiger partial charge in [0.05, 0.1) is 23.6 Å². The number of carbonyl (C=O) groups excluding carboxylic acids is 1. The van der Waals surface area contributed by atoms with Crippen LogP contribution < -0.4 is 10.5 Å². The number of carboxylic acids is 1. The Hall–Kier alpha value is -1.19. The van der Waals surface area contributed by atoms with Crippen LogP contribution in [0, 0.1) is 0 Å². The highest BCUT2D eigenvalue weighted by Crippen LogP contribution is 2.00. The molecule has 0 saturated heterocycles. The highest BCUT2D eigenvalue weighted by Gasteiger charge is 2.24. The average molecular weight is 473 g/mol. The van der Waals surface area contributed by atoms with Gasteiger partial charge in [-0.3, -0.25) is 9.59 Å². The first-order chi connectivity index (χ1) is 13.4. The summed E-state index contributed by atoms with van der Waals surface area (Å²) in [6, 6.07) is -1.71. The molecule has 16 heteroatoms. The van der Waals surface area contributed by atoms with Crippen LogP contribution in [0.3, 0.4) is 0 Å².